The van der Waals surface area contributed by atoms with Crippen LogP contribution in [0, 0.1) is 0 Å². The first-order valence-corrected chi connectivity index (χ1v) is 4.30. The molecule has 2 nitrogen and oxygen atoms in total. The molecule has 1 aliphatic rings. The van der Waals surface area contributed by atoms with Crippen LogP contribution < -0.4 is 5.73 Å². The summed E-state index contributed by atoms with van der Waals surface area (Å²) in [5.41, 5.74) is 7.16. The van der Waals surface area contributed by atoms with Crippen LogP contribution in [0.5, 0.6) is 0 Å². The van der Waals surface area contributed by atoms with Crippen molar-refractivity contribution >= 4 is 0 Å². The summed E-state index contributed by atoms with van der Waals surface area (Å²) in [6.45, 7) is 7.59. The van der Waals surface area contributed by atoms with Gasteiger partial charge in [0.05, 0.1) is 0 Å². The Balaban J connectivity index is 2.23. The predicted molar refractivity (Wildman–Crippen MR) is 48.5 cm³/mol. The minimum absolute atomic E-state index is 0.417. The Kier molecular flexibility index (Phi) is 3.09. The zero-order valence-corrected chi connectivity index (χ0v) is 7.51. The van der Waals surface area contributed by atoms with Crippen LogP contribution in [0.2, 0.25) is 0 Å². The molecule has 0 saturated carbocycles. The molecular weight excluding hydrogens is 136 g/mol. The van der Waals surface area contributed by atoms with Crippen LogP contribution in [0.25, 0.3) is 0 Å². The maximum atomic E-state index is 5.77. The third-order valence-corrected chi connectivity index (χ3v) is 2.07. The zero-order chi connectivity index (χ0) is 8.27. The monoisotopic (exact) mass is 154 g/mol. The average Bonchev–Trinajstić information content (AvgIpc) is 2.31. The molecule has 1 saturated heterocycles. The standard InChI is InChI=1S/C9H18N2/c1-8(2)3-5-11-6-4-9(10)7-11/h3,9H,4-7,10H2,1-2H3/t9-/m0/s1. The molecule has 1 rings (SSSR count). The molecular formula is C9H18N2. The molecule has 0 spiro atoms. The maximum Gasteiger partial charge on any atom is 0.0180 e. The number of nitrogens with two attached hydrogens (primary N) is 1. The first-order valence-electron chi connectivity index (χ1n) is 4.30. The van der Waals surface area contributed by atoms with Gasteiger partial charge in [-0.3, -0.25) is 4.90 Å². The van der Waals surface area contributed by atoms with E-state index in [1.165, 1.54) is 12.1 Å². The molecule has 11 heavy (non-hydrogen) atoms. The summed E-state index contributed by atoms with van der Waals surface area (Å²) in [5.74, 6) is 0. The van der Waals surface area contributed by atoms with Crippen molar-refractivity contribution in [2.45, 2.75) is 26.3 Å². The Hall–Kier alpha value is -0.340. The van der Waals surface area contributed by atoms with Crippen molar-refractivity contribution in [3.8, 4) is 0 Å². The number of allylic oxidation sites excluding steroid dienone is 1. The van der Waals surface area contributed by atoms with Crippen LogP contribution in [0.4, 0.5) is 0 Å². The van der Waals surface area contributed by atoms with E-state index in [4.69, 9.17) is 5.73 Å². The van der Waals surface area contributed by atoms with Crippen LogP contribution in [-0.4, -0.2) is 30.6 Å². The molecule has 0 aromatic carbocycles. The number of hydrogen-bond acceptors (Lipinski definition) is 2. The smallest absolute Gasteiger partial charge is 0.0180 e. The van der Waals surface area contributed by atoms with Gasteiger partial charge >= 0.3 is 0 Å². The fraction of sp³-hybridized carbons (Fsp3) is 0.778. The van der Waals surface area contributed by atoms with E-state index in [1.807, 2.05) is 0 Å². The molecule has 0 amide bonds. The lowest BCUT2D eigenvalue weighted by Crippen LogP contribution is -2.26. The van der Waals surface area contributed by atoms with Gasteiger partial charge in [0.25, 0.3) is 0 Å². The van der Waals surface area contributed by atoms with E-state index in [2.05, 4.69) is 24.8 Å². The highest BCUT2D eigenvalue weighted by Crippen LogP contribution is 2.06. The van der Waals surface area contributed by atoms with Crippen molar-refractivity contribution in [2.24, 2.45) is 5.73 Å². The minimum atomic E-state index is 0.417. The normalized spacial score (nSPS) is 25.5. The van der Waals surface area contributed by atoms with Gasteiger partial charge in [0, 0.05) is 25.7 Å². The summed E-state index contributed by atoms with van der Waals surface area (Å²) in [5, 5.41) is 0. The second-order valence-electron chi connectivity index (χ2n) is 3.59. The Bertz CT molecular complexity index is 148. The highest BCUT2D eigenvalue weighted by Gasteiger charge is 2.16. The van der Waals surface area contributed by atoms with Gasteiger partial charge in [0.2, 0.25) is 0 Å². The predicted octanol–water partition coefficient (Wildman–Crippen LogP) is 0.986. The highest BCUT2D eigenvalue weighted by molar-refractivity contribution is 4.96. The molecule has 1 fully saturated rings. The summed E-state index contributed by atoms with van der Waals surface area (Å²) in [4.78, 5) is 2.40. The lowest BCUT2D eigenvalue weighted by molar-refractivity contribution is 0.371. The topological polar surface area (TPSA) is 29.3 Å². The molecule has 1 heterocycles. The molecule has 0 aromatic heterocycles. The van der Waals surface area contributed by atoms with Crippen molar-refractivity contribution in [3.05, 3.63) is 11.6 Å². The van der Waals surface area contributed by atoms with E-state index in [9.17, 15) is 0 Å². The maximum absolute atomic E-state index is 5.77. The van der Waals surface area contributed by atoms with E-state index in [1.54, 1.807) is 0 Å². The van der Waals surface area contributed by atoms with Gasteiger partial charge in [-0.25, -0.2) is 0 Å². The molecule has 0 bridgehead atoms. The van der Waals surface area contributed by atoms with E-state index in [-0.39, 0.29) is 0 Å². The Morgan fingerprint density at radius 3 is 2.82 bits per heavy atom. The summed E-state index contributed by atoms with van der Waals surface area (Å²) >= 11 is 0. The van der Waals surface area contributed by atoms with E-state index < -0.39 is 0 Å². The van der Waals surface area contributed by atoms with Crippen LogP contribution >= 0.6 is 0 Å². The first kappa shape index (κ1) is 8.75. The van der Waals surface area contributed by atoms with E-state index in [0.717, 1.165) is 19.5 Å². The summed E-state index contributed by atoms with van der Waals surface area (Å²) in [7, 11) is 0. The molecule has 0 unspecified atom stereocenters. The van der Waals surface area contributed by atoms with Crippen molar-refractivity contribution < 1.29 is 0 Å². The first-order chi connectivity index (χ1) is 5.18. The Morgan fingerprint density at radius 2 is 2.36 bits per heavy atom. The molecule has 2 heteroatoms. The molecule has 0 aromatic rings. The number of likely N-dealkylation sites (tertiary alicyclic amines) is 1. The fourth-order valence-electron chi connectivity index (χ4n) is 1.34. The van der Waals surface area contributed by atoms with Crippen molar-refractivity contribution in [3.63, 3.8) is 0 Å². The van der Waals surface area contributed by atoms with E-state index in [0.29, 0.717) is 6.04 Å². The largest absolute Gasteiger partial charge is 0.326 e. The van der Waals surface area contributed by atoms with Gasteiger partial charge in [-0.15, -0.1) is 0 Å². The Morgan fingerprint density at radius 1 is 1.64 bits per heavy atom. The average molecular weight is 154 g/mol. The second-order valence-corrected chi connectivity index (χ2v) is 3.59. The van der Waals surface area contributed by atoms with Crippen LogP contribution in [0.15, 0.2) is 11.6 Å². The highest BCUT2D eigenvalue weighted by atomic mass is 15.2. The quantitative estimate of drug-likeness (QED) is 0.601. The molecule has 0 radical (unpaired) electrons. The lowest BCUT2D eigenvalue weighted by atomic mass is 10.3. The fourth-order valence-corrected chi connectivity index (χ4v) is 1.34. The van der Waals surface area contributed by atoms with Crippen molar-refractivity contribution in [2.75, 3.05) is 19.6 Å². The van der Waals surface area contributed by atoms with Gasteiger partial charge in [0.1, 0.15) is 0 Å². The van der Waals surface area contributed by atoms with Crippen LogP contribution in [0.3, 0.4) is 0 Å². The van der Waals surface area contributed by atoms with Gasteiger partial charge in [0.15, 0.2) is 0 Å². The number of nitrogens with zero attached hydrogens (tertiary/aromatic N) is 1. The third-order valence-electron chi connectivity index (χ3n) is 2.07. The minimum Gasteiger partial charge on any atom is -0.326 e. The van der Waals surface area contributed by atoms with Crippen molar-refractivity contribution in [1.29, 1.82) is 0 Å². The Labute approximate surface area is 69.1 Å². The molecule has 1 atom stereocenters. The van der Waals surface area contributed by atoms with Gasteiger partial charge in [-0.2, -0.15) is 0 Å². The summed E-state index contributed by atoms with van der Waals surface area (Å²) < 4.78 is 0. The second kappa shape index (κ2) is 3.88. The van der Waals surface area contributed by atoms with Crippen molar-refractivity contribution in [1.82, 2.24) is 4.90 Å². The van der Waals surface area contributed by atoms with Crippen LogP contribution in [0.1, 0.15) is 20.3 Å². The molecule has 1 aliphatic heterocycles. The van der Waals surface area contributed by atoms with Gasteiger partial charge in [-0.1, -0.05) is 11.6 Å². The van der Waals surface area contributed by atoms with Crippen LogP contribution in [-0.2, 0) is 0 Å². The SMILES string of the molecule is CC(C)=CCN1CC[C@H](N)C1. The summed E-state index contributed by atoms with van der Waals surface area (Å²) in [6.07, 6.45) is 3.43. The molecule has 64 valence electrons. The number of hydrogen-bond donors (Lipinski definition) is 1. The molecule has 0 aliphatic carbocycles. The third kappa shape index (κ3) is 3.04. The summed E-state index contributed by atoms with van der Waals surface area (Å²) in [6, 6.07) is 0.417. The lowest BCUT2D eigenvalue weighted by Gasteiger charge is -2.11. The number of rotatable bonds is 2. The molecule has 2 N–H and O–H groups in total. The van der Waals surface area contributed by atoms with Gasteiger partial charge in [-0.05, 0) is 20.3 Å². The van der Waals surface area contributed by atoms with Gasteiger partial charge < -0.3 is 5.73 Å². The zero-order valence-electron chi connectivity index (χ0n) is 7.51. The van der Waals surface area contributed by atoms with E-state index >= 15 is 0 Å².